The molecule has 0 saturated carbocycles. The molecule has 4 heteroatoms. The third-order valence-corrected chi connectivity index (χ3v) is 3.62. The summed E-state index contributed by atoms with van der Waals surface area (Å²) in [6.07, 6.45) is 0. The minimum atomic E-state index is 0. The van der Waals surface area contributed by atoms with Crippen molar-refractivity contribution in [3.05, 3.63) is 78.9 Å². The summed E-state index contributed by atoms with van der Waals surface area (Å²) < 4.78 is 10.5. The van der Waals surface area contributed by atoms with Gasteiger partial charge in [-0.1, -0.05) is 5.69 Å². The molecule has 0 atom stereocenters. The van der Waals surface area contributed by atoms with Gasteiger partial charge in [-0.15, -0.1) is 12.1 Å². The number of benzene rings is 3. The zero-order valence-electron chi connectivity index (χ0n) is 14.2. The first kappa shape index (κ1) is 18.0. The maximum atomic E-state index is 5.25. The van der Waals surface area contributed by atoms with Crippen LogP contribution in [0, 0.1) is 6.07 Å². The van der Waals surface area contributed by atoms with Crippen LogP contribution in [-0.4, -0.2) is 14.2 Å². The van der Waals surface area contributed by atoms with Crippen molar-refractivity contribution in [3.8, 4) is 11.5 Å². The van der Waals surface area contributed by atoms with Gasteiger partial charge < -0.3 is 14.4 Å². The molecule has 0 spiro atoms. The molecule has 0 N–H and O–H groups in total. The van der Waals surface area contributed by atoms with Crippen molar-refractivity contribution in [2.24, 2.45) is 0 Å². The van der Waals surface area contributed by atoms with Crippen molar-refractivity contribution in [3.63, 3.8) is 0 Å². The molecule has 0 aliphatic rings. The molecule has 24 heavy (non-hydrogen) atoms. The molecule has 0 radical (unpaired) electrons. The SMILES string of the molecule is COc1ccc(N(c2cc[c-]cc2)c2ccc(OC)cc2)cc1.[Li+]. The van der Waals surface area contributed by atoms with Crippen molar-refractivity contribution in [1.82, 2.24) is 0 Å². The van der Waals surface area contributed by atoms with Crippen LogP contribution in [0.1, 0.15) is 0 Å². The minimum Gasteiger partial charge on any atom is -0.497 e. The van der Waals surface area contributed by atoms with E-state index < -0.39 is 0 Å². The van der Waals surface area contributed by atoms with Crippen molar-refractivity contribution in [2.75, 3.05) is 19.1 Å². The Balaban J connectivity index is 0.00000208. The zero-order chi connectivity index (χ0) is 16.1. The second-order valence-electron chi connectivity index (χ2n) is 4.99. The van der Waals surface area contributed by atoms with Crippen LogP contribution < -0.4 is 33.2 Å². The van der Waals surface area contributed by atoms with E-state index in [1.54, 1.807) is 14.2 Å². The number of methoxy groups -OCH3 is 2. The molecule has 0 amide bonds. The van der Waals surface area contributed by atoms with Gasteiger partial charge in [-0.05, 0) is 48.5 Å². The molecule has 0 bridgehead atoms. The smallest absolute Gasteiger partial charge is 0.497 e. The molecule has 0 aliphatic heterocycles. The standard InChI is InChI=1S/C20H18NO2.Li/c1-22-19-12-8-17(9-13-19)21(16-6-4-3-5-7-16)18-10-14-20(23-2)15-11-18;/h4-15H,1-2H3;/q-1;+1. The third kappa shape index (κ3) is 3.94. The molecule has 3 aromatic rings. The number of ether oxygens (including phenoxy) is 2. The molecular formula is C20H18LiNO2. The van der Waals surface area contributed by atoms with E-state index in [1.165, 1.54) is 0 Å². The first-order valence-corrected chi connectivity index (χ1v) is 7.36. The van der Waals surface area contributed by atoms with Crippen LogP contribution >= 0.6 is 0 Å². The maximum Gasteiger partial charge on any atom is 1.00 e. The van der Waals surface area contributed by atoms with Gasteiger partial charge in [-0.3, -0.25) is 0 Å². The van der Waals surface area contributed by atoms with Gasteiger partial charge in [-0.2, -0.15) is 18.2 Å². The molecule has 116 valence electrons. The molecule has 3 aromatic carbocycles. The van der Waals surface area contributed by atoms with Crippen LogP contribution in [0.4, 0.5) is 17.1 Å². The number of hydrogen-bond acceptors (Lipinski definition) is 3. The molecule has 3 rings (SSSR count). The van der Waals surface area contributed by atoms with Crippen LogP contribution in [0.15, 0.2) is 72.8 Å². The fourth-order valence-corrected chi connectivity index (χ4v) is 2.44. The Kier molecular flexibility index (Phi) is 6.37. The van der Waals surface area contributed by atoms with Gasteiger partial charge in [0.25, 0.3) is 0 Å². The van der Waals surface area contributed by atoms with Crippen molar-refractivity contribution >= 4 is 17.1 Å². The quantitative estimate of drug-likeness (QED) is 0.531. The fraction of sp³-hybridized carbons (Fsp3) is 0.100. The monoisotopic (exact) mass is 311 g/mol. The van der Waals surface area contributed by atoms with E-state index >= 15 is 0 Å². The van der Waals surface area contributed by atoms with Crippen molar-refractivity contribution in [1.29, 1.82) is 0 Å². The summed E-state index contributed by atoms with van der Waals surface area (Å²) in [5.41, 5.74) is 3.18. The van der Waals surface area contributed by atoms with E-state index in [4.69, 9.17) is 9.47 Å². The summed E-state index contributed by atoms with van der Waals surface area (Å²) in [6, 6.07) is 27.0. The van der Waals surface area contributed by atoms with Gasteiger partial charge in [0.1, 0.15) is 11.5 Å². The van der Waals surface area contributed by atoms with E-state index in [2.05, 4.69) is 11.0 Å². The third-order valence-electron chi connectivity index (χ3n) is 3.62. The van der Waals surface area contributed by atoms with Crippen molar-refractivity contribution in [2.45, 2.75) is 0 Å². The van der Waals surface area contributed by atoms with Crippen LogP contribution in [0.3, 0.4) is 0 Å². The molecule has 0 saturated heterocycles. The largest absolute Gasteiger partial charge is 1.00 e. The van der Waals surface area contributed by atoms with Gasteiger partial charge in [0, 0.05) is 11.4 Å². The van der Waals surface area contributed by atoms with E-state index in [-0.39, 0.29) is 18.9 Å². The Hall–Kier alpha value is -2.34. The molecule has 0 fully saturated rings. The molecule has 0 aromatic heterocycles. The summed E-state index contributed by atoms with van der Waals surface area (Å²) >= 11 is 0. The number of hydrogen-bond donors (Lipinski definition) is 0. The second-order valence-corrected chi connectivity index (χ2v) is 4.99. The molecule has 0 aliphatic carbocycles. The van der Waals surface area contributed by atoms with Crippen LogP contribution in [-0.2, 0) is 0 Å². The second kappa shape index (κ2) is 8.49. The van der Waals surface area contributed by atoms with Gasteiger partial charge in [-0.25, -0.2) is 0 Å². The predicted molar refractivity (Wildman–Crippen MR) is 93.1 cm³/mol. The Morgan fingerprint density at radius 1 is 0.625 bits per heavy atom. The average molecular weight is 311 g/mol. The van der Waals surface area contributed by atoms with E-state index in [0.29, 0.717) is 0 Å². The number of anilines is 3. The zero-order valence-corrected chi connectivity index (χ0v) is 14.2. The van der Waals surface area contributed by atoms with E-state index in [0.717, 1.165) is 28.6 Å². The average Bonchev–Trinajstić information content (AvgIpc) is 2.64. The van der Waals surface area contributed by atoms with Crippen LogP contribution in [0.5, 0.6) is 11.5 Å². The van der Waals surface area contributed by atoms with Gasteiger partial charge in [0.05, 0.1) is 14.2 Å². The summed E-state index contributed by atoms with van der Waals surface area (Å²) in [5.74, 6) is 1.68. The molecular weight excluding hydrogens is 293 g/mol. The topological polar surface area (TPSA) is 21.7 Å². The summed E-state index contributed by atoms with van der Waals surface area (Å²) in [4.78, 5) is 2.17. The van der Waals surface area contributed by atoms with E-state index in [9.17, 15) is 0 Å². The Labute approximate surface area is 155 Å². The van der Waals surface area contributed by atoms with Gasteiger partial charge >= 0.3 is 18.9 Å². The van der Waals surface area contributed by atoms with Crippen LogP contribution in [0.2, 0.25) is 0 Å². The first-order valence-electron chi connectivity index (χ1n) is 7.36. The Morgan fingerprint density at radius 3 is 1.38 bits per heavy atom. The van der Waals surface area contributed by atoms with E-state index in [1.807, 2.05) is 72.8 Å². The Morgan fingerprint density at radius 2 is 1.00 bits per heavy atom. The summed E-state index contributed by atoms with van der Waals surface area (Å²) in [6.45, 7) is 0. The summed E-state index contributed by atoms with van der Waals surface area (Å²) in [5, 5.41) is 0. The van der Waals surface area contributed by atoms with Gasteiger partial charge in [0.15, 0.2) is 0 Å². The van der Waals surface area contributed by atoms with Crippen LogP contribution in [0.25, 0.3) is 0 Å². The fourth-order valence-electron chi connectivity index (χ4n) is 2.44. The Bertz CT molecular complexity index is 695. The molecule has 3 nitrogen and oxygen atoms in total. The molecule has 0 heterocycles. The number of nitrogens with zero attached hydrogens (tertiary/aromatic N) is 1. The number of rotatable bonds is 5. The summed E-state index contributed by atoms with van der Waals surface area (Å²) in [7, 11) is 3.34. The van der Waals surface area contributed by atoms with Crippen molar-refractivity contribution < 1.29 is 28.3 Å². The normalized spacial score (nSPS) is 9.75. The maximum absolute atomic E-state index is 5.25. The predicted octanol–water partition coefficient (Wildman–Crippen LogP) is 1.98. The molecule has 0 unspecified atom stereocenters. The first-order chi connectivity index (χ1) is 11.3. The minimum absolute atomic E-state index is 0. The van der Waals surface area contributed by atoms with Gasteiger partial charge in [0.2, 0.25) is 0 Å².